The van der Waals surface area contributed by atoms with Gasteiger partial charge in [-0.25, -0.2) is 13.8 Å². The second-order valence-electron chi connectivity index (χ2n) is 11.7. The van der Waals surface area contributed by atoms with E-state index in [1.165, 1.54) is 4.57 Å². The van der Waals surface area contributed by atoms with Gasteiger partial charge in [0.05, 0.1) is 37.5 Å². The normalized spacial score (nSPS) is 20.7. The number of fused-ring (bicyclic) bond motifs is 1. The van der Waals surface area contributed by atoms with Crippen molar-refractivity contribution in [2.24, 2.45) is 0 Å². The standard InChI is InChI=1S/C27H39F2N7O3Si/c1-16-17(2)38-15-12-35(16)25-31-24(34-10-13-37-14-11-34)32-26(33-25)36-19-9-8-18(27(3,4)5)21(39-40(6)7)20(19)30-23(36)22(28)29/h8-9,16-17,22,40H,10-15H2,1-7H3/t16-,17+/m1/s1. The van der Waals surface area contributed by atoms with Gasteiger partial charge in [-0.2, -0.15) is 15.0 Å². The van der Waals surface area contributed by atoms with Crippen molar-refractivity contribution in [3.8, 4) is 11.7 Å². The number of rotatable bonds is 6. The van der Waals surface area contributed by atoms with E-state index in [0.29, 0.717) is 68.1 Å². The average Bonchev–Trinajstić information content (AvgIpc) is 3.30. The lowest BCUT2D eigenvalue weighted by molar-refractivity contribution is 0.0277. The number of hydrogen-bond acceptors (Lipinski definition) is 9. The lowest BCUT2D eigenvalue weighted by Gasteiger charge is -2.38. The second kappa shape index (κ2) is 11.2. The molecule has 2 atom stereocenters. The molecule has 2 fully saturated rings. The van der Waals surface area contributed by atoms with Crippen LogP contribution in [0.1, 0.15) is 52.4 Å². The zero-order valence-electron chi connectivity index (χ0n) is 24.3. The first-order valence-corrected chi connectivity index (χ1v) is 16.7. The molecule has 0 spiro atoms. The van der Waals surface area contributed by atoms with Crippen molar-refractivity contribution < 1.29 is 22.7 Å². The smallest absolute Gasteiger partial charge is 0.296 e. The van der Waals surface area contributed by atoms with Crippen LogP contribution in [0.15, 0.2) is 12.1 Å². The summed E-state index contributed by atoms with van der Waals surface area (Å²) in [6.07, 6.45) is -2.90. The van der Waals surface area contributed by atoms with Crippen LogP contribution < -0.4 is 14.2 Å². The van der Waals surface area contributed by atoms with Crippen molar-refractivity contribution in [2.45, 2.75) is 71.7 Å². The van der Waals surface area contributed by atoms with Gasteiger partial charge in [-0.3, -0.25) is 4.57 Å². The summed E-state index contributed by atoms with van der Waals surface area (Å²) in [5, 5.41) is 0. The monoisotopic (exact) mass is 575 g/mol. The minimum Gasteiger partial charge on any atom is -0.545 e. The lowest BCUT2D eigenvalue weighted by atomic mass is 9.86. The molecule has 3 aromatic rings. The zero-order valence-corrected chi connectivity index (χ0v) is 25.5. The van der Waals surface area contributed by atoms with Gasteiger partial charge in [-0.1, -0.05) is 26.8 Å². The fraction of sp³-hybridized carbons (Fsp3) is 0.630. The van der Waals surface area contributed by atoms with Crippen LogP contribution >= 0.6 is 0 Å². The minimum atomic E-state index is -2.86. The molecule has 2 aliphatic heterocycles. The van der Waals surface area contributed by atoms with Crippen LogP contribution in [0.25, 0.3) is 17.0 Å². The third-order valence-electron chi connectivity index (χ3n) is 7.40. The molecule has 40 heavy (non-hydrogen) atoms. The number of aromatic nitrogens is 5. The number of morpholine rings is 2. The molecule has 218 valence electrons. The Morgan fingerprint density at radius 3 is 2.27 bits per heavy atom. The van der Waals surface area contributed by atoms with Gasteiger partial charge in [-0.05, 0) is 38.4 Å². The van der Waals surface area contributed by atoms with Crippen molar-refractivity contribution in [1.82, 2.24) is 24.5 Å². The fourth-order valence-electron chi connectivity index (χ4n) is 5.13. The number of halogens is 2. The molecule has 10 nitrogen and oxygen atoms in total. The molecule has 2 saturated heterocycles. The number of ether oxygens (including phenoxy) is 2. The molecule has 0 amide bonds. The lowest BCUT2D eigenvalue weighted by Crippen LogP contribution is -2.49. The van der Waals surface area contributed by atoms with Gasteiger partial charge in [0, 0.05) is 25.2 Å². The molecule has 2 aliphatic rings. The first-order valence-electron chi connectivity index (χ1n) is 13.9. The second-order valence-corrected chi connectivity index (χ2v) is 14.0. The van der Waals surface area contributed by atoms with Crippen LogP contribution in [0.3, 0.4) is 0 Å². The number of imidazole rings is 1. The van der Waals surface area contributed by atoms with Crippen molar-refractivity contribution in [3.05, 3.63) is 23.5 Å². The first-order chi connectivity index (χ1) is 19.0. The summed E-state index contributed by atoms with van der Waals surface area (Å²) in [7, 11) is -1.59. The molecule has 1 aromatic carbocycles. The molecule has 0 unspecified atom stereocenters. The van der Waals surface area contributed by atoms with E-state index in [4.69, 9.17) is 28.9 Å². The number of hydrogen-bond donors (Lipinski definition) is 0. The van der Waals surface area contributed by atoms with E-state index in [0.717, 1.165) is 5.56 Å². The molecular formula is C27H39F2N7O3Si. The summed E-state index contributed by atoms with van der Waals surface area (Å²) in [4.78, 5) is 22.9. The Morgan fingerprint density at radius 2 is 1.62 bits per heavy atom. The molecule has 2 aromatic heterocycles. The highest BCUT2D eigenvalue weighted by atomic mass is 28.3. The number of benzene rings is 1. The quantitative estimate of drug-likeness (QED) is 0.400. The maximum Gasteiger partial charge on any atom is 0.296 e. The van der Waals surface area contributed by atoms with Gasteiger partial charge in [0.1, 0.15) is 11.3 Å². The summed E-state index contributed by atoms with van der Waals surface area (Å²) in [6, 6.07) is 3.75. The van der Waals surface area contributed by atoms with Gasteiger partial charge in [-0.15, -0.1) is 0 Å². The summed E-state index contributed by atoms with van der Waals surface area (Å²) >= 11 is 0. The summed E-state index contributed by atoms with van der Waals surface area (Å²) in [6.45, 7) is 17.7. The van der Waals surface area contributed by atoms with Crippen LogP contribution in [0.4, 0.5) is 20.7 Å². The summed E-state index contributed by atoms with van der Waals surface area (Å²) < 4.78 is 48.4. The van der Waals surface area contributed by atoms with Gasteiger partial charge in [0.15, 0.2) is 5.82 Å². The van der Waals surface area contributed by atoms with E-state index in [-0.39, 0.29) is 23.5 Å². The van der Waals surface area contributed by atoms with Gasteiger partial charge in [0.25, 0.3) is 6.43 Å². The summed E-state index contributed by atoms with van der Waals surface area (Å²) in [5.41, 5.74) is 1.52. The zero-order chi connectivity index (χ0) is 28.8. The van der Waals surface area contributed by atoms with Crippen molar-refractivity contribution in [3.63, 3.8) is 0 Å². The third kappa shape index (κ3) is 5.50. The van der Waals surface area contributed by atoms with Crippen LogP contribution in [-0.2, 0) is 14.9 Å². The maximum absolute atomic E-state index is 14.7. The van der Waals surface area contributed by atoms with Gasteiger partial charge in [0.2, 0.25) is 26.9 Å². The van der Waals surface area contributed by atoms with Gasteiger partial charge < -0.3 is 23.7 Å². The third-order valence-corrected chi connectivity index (χ3v) is 8.11. The van der Waals surface area contributed by atoms with Crippen molar-refractivity contribution in [2.75, 3.05) is 49.3 Å². The number of nitrogens with zero attached hydrogens (tertiary/aromatic N) is 7. The predicted octanol–water partition coefficient (Wildman–Crippen LogP) is 4.26. The number of alkyl halides is 2. The highest BCUT2D eigenvalue weighted by Gasteiger charge is 2.32. The fourth-order valence-corrected chi connectivity index (χ4v) is 5.84. The molecule has 13 heteroatoms. The van der Waals surface area contributed by atoms with Crippen LogP contribution in [-0.4, -0.2) is 85.1 Å². The maximum atomic E-state index is 14.7. The van der Waals surface area contributed by atoms with E-state index >= 15 is 0 Å². The Hall–Kier alpha value is -2.90. The number of anilines is 2. The van der Waals surface area contributed by atoms with Crippen LogP contribution in [0, 0.1) is 0 Å². The largest absolute Gasteiger partial charge is 0.545 e. The van der Waals surface area contributed by atoms with Crippen molar-refractivity contribution in [1.29, 1.82) is 0 Å². The molecule has 5 rings (SSSR count). The Morgan fingerprint density at radius 1 is 0.950 bits per heavy atom. The molecule has 0 bridgehead atoms. The van der Waals surface area contributed by atoms with Gasteiger partial charge >= 0.3 is 0 Å². The highest BCUT2D eigenvalue weighted by molar-refractivity contribution is 6.49. The van der Waals surface area contributed by atoms with E-state index < -0.39 is 21.3 Å². The Balaban J connectivity index is 1.75. The Labute approximate surface area is 235 Å². The van der Waals surface area contributed by atoms with Crippen LogP contribution in [0.5, 0.6) is 5.75 Å². The first kappa shape index (κ1) is 28.6. The van der Waals surface area contributed by atoms with E-state index in [1.807, 2.05) is 44.0 Å². The molecule has 0 saturated carbocycles. The van der Waals surface area contributed by atoms with Crippen molar-refractivity contribution >= 4 is 32.0 Å². The molecule has 0 N–H and O–H groups in total. The Kier molecular flexibility index (Phi) is 7.99. The minimum absolute atomic E-state index is 0.0130. The average molecular weight is 576 g/mol. The van der Waals surface area contributed by atoms with Crippen LogP contribution in [0.2, 0.25) is 13.1 Å². The Bertz CT molecular complexity index is 1360. The highest BCUT2D eigenvalue weighted by Crippen LogP contribution is 2.40. The molecule has 0 aliphatic carbocycles. The van der Waals surface area contributed by atoms with E-state index in [1.54, 1.807) is 0 Å². The molecule has 0 radical (unpaired) electrons. The topological polar surface area (TPSA) is 90.7 Å². The van der Waals surface area contributed by atoms with E-state index in [2.05, 4.69) is 30.7 Å². The molecule has 4 heterocycles. The van der Waals surface area contributed by atoms with E-state index in [9.17, 15) is 8.78 Å². The summed E-state index contributed by atoms with van der Waals surface area (Å²) in [5.74, 6) is 1.09. The predicted molar refractivity (Wildman–Crippen MR) is 153 cm³/mol. The molecular weight excluding hydrogens is 536 g/mol. The SMILES string of the molecule is C[C@@H]1OCCN(c2nc(N3CCOCC3)nc(-n3c(C(F)F)nc4c(O[SiH](C)C)c(C(C)(C)C)ccc43)n2)[C@@H]1C.